The lowest BCUT2D eigenvalue weighted by molar-refractivity contribution is -0.131. The normalized spacial score (nSPS) is 13.9. The van der Waals surface area contributed by atoms with Gasteiger partial charge in [0.2, 0.25) is 0 Å². The number of ether oxygens (including phenoxy) is 2. The van der Waals surface area contributed by atoms with Crippen LogP contribution in [0.15, 0.2) is 157 Å². The number of anilines is 6. The first kappa shape index (κ1) is 27.8. The van der Waals surface area contributed by atoms with Gasteiger partial charge in [0.15, 0.2) is 11.5 Å². The third-order valence-electron chi connectivity index (χ3n) is 7.63. The number of fused-ring (bicyclic) bond motifs is 1. The number of esters is 2. The van der Waals surface area contributed by atoms with Gasteiger partial charge in [0.05, 0.1) is 9.75 Å². The lowest BCUT2D eigenvalue weighted by Crippen LogP contribution is -2.07. The molecular formula is C38H24N2O4S2. The molecule has 2 aliphatic rings. The van der Waals surface area contributed by atoms with Crippen LogP contribution in [0.2, 0.25) is 0 Å². The zero-order chi connectivity index (χ0) is 31.0. The van der Waals surface area contributed by atoms with E-state index in [1.165, 1.54) is 22.7 Å². The predicted molar refractivity (Wildman–Crippen MR) is 184 cm³/mol. The lowest BCUT2D eigenvalue weighted by atomic mass is 10.1. The second-order valence-corrected chi connectivity index (χ2v) is 12.6. The van der Waals surface area contributed by atoms with E-state index >= 15 is 0 Å². The topological polar surface area (TPSA) is 59.1 Å². The van der Waals surface area contributed by atoms with E-state index in [1.54, 1.807) is 0 Å². The van der Waals surface area contributed by atoms with Gasteiger partial charge < -0.3 is 19.3 Å². The largest absolute Gasteiger partial charge is 0.420 e. The van der Waals surface area contributed by atoms with E-state index in [0.717, 1.165) is 32.8 Å². The smallest absolute Gasteiger partial charge is 0.348 e. The minimum atomic E-state index is -0.596. The zero-order valence-electron chi connectivity index (χ0n) is 24.2. The van der Waals surface area contributed by atoms with Gasteiger partial charge in [0.1, 0.15) is 21.1 Å². The van der Waals surface area contributed by atoms with Crippen LogP contribution in [-0.4, -0.2) is 11.9 Å². The van der Waals surface area contributed by atoms with Crippen molar-refractivity contribution in [3.05, 3.63) is 166 Å². The molecule has 0 saturated heterocycles. The standard InChI is InChI=1S/C38H24N2O4S2/c41-37-33-34(36(44-37)30-22-24-32(46-30)40(27-17-9-3-10-18-27)28-19-11-4-12-20-28)38(42)43-35(33)29-21-23-31(45-29)39(25-13-5-1-6-14-25)26-15-7-2-8-16-26/h1-24H. The Labute approximate surface area is 273 Å². The molecule has 8 rings (SSSR count). The van der Waals surface area contributed by atoms with Crippen LogP contribution in [0, 0.1) is 0 Å². The number of carbonyl (C=O) groups excluding carboxylic acids is 2. The summed E-state index contributed by atoms with van der Waals surface area (Å²) in [7, 11) is 0. The van der Waals surface area contributed by atoms with Gasteiger partial charge >= 0.3 is 11.9 Å². The fourth-order valence-corrected chi connectivity index (χ4v) is 7.68. The van der Waals surface area contributed by atoms with E-state index in [0.29, 0.717) is 9.75 Å². The van der Waals surface area contributed by atoms with Gasteiger partial charge in [-0.1, -0.05) is 72.8 Å². The molecule has 222 valence electrons. The number of hydrogen-bond donors (Lipinski definition) is 0. The Kier molecular flexibility index (Phi) is 7.05. The predicted octanol–water partition coefficient (Wildman–Crippen LogP) is 9.99. The highest BCUT2D eigenvalue weighted by Gasteiger charge is 2.46. The number of carbonyl (C=O) groups is 2. The van der Waals surface area contributed by atoms with Gasteiger partial charge in [-0.3, -0.25) is 0 Å². The lowest BCUT2D eigenvalue weighted by Gasteiger charge is -2.23. The van der Waals surface area contributed by atoms with Crippen LogP contribution >= 0.6 is 22.7 Å². The summed E-state index contributed by atoms with van der Waals surface area (Å²) in [4.78, 5) is 32.3. The Balaban J connectivity index is 1.18. The summed E-state index contributed by atoms with van der Waals surface area (Å²) in [6, 6.07) is 47.8. The molecule has 0 fully saturated rings. The highest BCUT2D eigenvalue weighted by molar-refractivity contribution is 7.17. The van der Waals surface area contributed by atoms with Crippen LogP contribution in [0.5, 0.6) is 0 Å². The van der Waals surface area contributed by atoms with Crippen LogP contribution < -0.4 is 9.80 Å². The van der Waals surface area contributed by atoms with Crippen molar-refractivity contribution in [1.29, 1.82) is 0 Å². The molecule has 0 atom stereocenters. The van der Waals surface area contributed by atoms with E-state index in [-0.39, 0.29) is 22.7 Å². The maximum absolute atomic E-state index is 13.4. The third kappa shape index (κ3) is 4.90. The Hall–Kier alpha value is -5.70. The molecule has 0 spiro atoms. The van der Waals surface area contributed by atoms with Gasteiger partial charge in [-0.05, 0) is 72.8 Å². The van der Waals surface area contributed by atoms with Gasteiger partial charge in [-0.15, -0.1) is 22.7 Å². The molecular weight excluding hydrogens is 613 g/mol. The Morgan fingerprint density at radius 3 is 1.00 bits per heavy atom. The van der Waals surface area contributed by atoms with Crippen molar-refractivity contribution in [3.8, 4) is 0 Å². The van der Waals surface area contributed by atoms with E-state index in [9.17, 15) is 9.59 Å². The molecule has 4 heterocycles. The molecule has 2 aromatic heterocycles. The number of hydrogen-bond acceptors (Lipinski definition) is 8. The van der Waals surface area contributed by atoms with Crippen molar-refractivity contribution in [3.63, 3.8) is 0 Å². The Morgan fingerprint density at radius 1 is 0.391 bits per heavy atom. The van der Waals surface area contributed by atoms with E-state index in [2.05, 4.69) is 9.80 Å². The van der Waals surface area contributed by atoms with Crippen LogP contribution in [0.25, 0.3) is 11.5 Å². The molecule has 2 aliphatic heterocycles. The molecule has 46 heavy (non-hydrogen) atoms. The quantitative estimate of drug-likeness (QED) is 0.155. The molecule has 6 nitrogen and oxygen atoms in total. The zero-order valence-corrected chi connectivity index (χ0v) is 25.8. The second-order valence-electron chi connectivity index (χ2n) is 10.5. The molecule has 0 saturated carbocycles. The van der Waals surface area contributed by atoms with Crippen LogP contribution in [-0.2, 0) is 19.1 Å². The van der Waals surface area contributed by atoms with E-state index in [1.807, 2.05) is 146 Å². The van der Waals surface area contributed by atoms with Crippen molar-refractivity contribution in [2.45, 2.75) is 0 Å². The molecule has 0 aliphatic carbocycles. The third-order valence-corrected chi connectivity index (χ3v) is 9.77. The average molecular weight is 637 g/mol. The van der Waals surface area contributed by atoms with Crippen LogP contribution in [0.4, 0.5) is 32.8 Å². The Morgan fingerprint density at radius 2 is 0.696 bits per heavy atom. The Bertz CT molecular complexity index is 1900. The molecule has 8 heteroatoms. The van der Waals surface area contributed by atoms with Crippen LogP contribution in [0.3, 0.4) is 0 Å². The SMILES string of the molecule is O=C1OC(c2ccc(N(c3ccccc3)c3ccccc3)s2)=C2C(=O)OC(c3ccc(N(c4ccccc4)c4ccccc4)s3)=C12. The minimum absolute atomic E-state index is 0.164. The molecule has 4 aromatic carbocycles. The number of nitrogens with zero attached hydrogens (tertiary/aromatic N) is 2. The average Bonchev–Trinajstić information content (AvgIpc) is 3.90. The fourth-order valence-electron chi connectivity index (χ4n) is 5.61. The number of benzene rings is 4. The van der Waals surface area contributed by atoms with Gasteiger partial charge in [-0.2, -0.15) is 0 Å². The summed E-state index contributed by atoms with van der Waals surface area (Å²) >= 11 is 2.88. The van der Waals surface area contributed by atoms with Gasteiger partial charge in [-0.25, -0.2) is 9.59 Å². The van der Waals surface area contributed by atoms with Crippen molar-refractivity contribution in [1.82, 2.24) is 0 Å². The summed E-state index contributed by atoms with van der Waals surface area (Å²) < 4.78 is 11.6. The van der Waals surface area contributed by atoms with Gasteiger partial charge in [0, 0.05) is 22.7 Å². The maximum Gasteiger partial charge on any atom is 0.348 e. The van der Waals surface area contributed by atoms with Crippen molar-refractivity contribution in [2.75, 3.05) is 9.80 Å². The molecule has 0 radical (unpaired) electrons. The number of para-hydroxylation sites is 4. The molecule has 0 bridgehead atoms. The number of rotatable bonds is 8. The van der Waals surface area contributed by atoms with Gasteiger partial charge in [0.25, 0.3) is 0 Å². The molecule has 6 aromatic rings. The molecule has 0 N–H and O–H groups in total. The highest BCUT2D eigenvalue weighted by Crippen LogP contribution is 2.49. The number of cyclic esters (lactones) is 2. The summed E-state index contributed by atoms with van der Waals surface area (Å²) in [6.07, 6.45) is 0. The summed E-state index contributed by atoms with van der Waals surface area (Å²) in [5.74, 6) is -0.739. The summed E-state index contributed by atoms with van der Waals surface area (Å²) in [6.45, 7) is 0. The van der Waals surface area contributed by atoms with Crippen molar-refractivity contribution < 1.29 is 19.1 Å². The first-order valence-corrected chi connectivity index (χ1v) is 16.2. The second kappa shape index (κ2) is 11.7. The minimum Gasteiger partial charge on any atom is -0.420 e. The first-order valence-electron chi connectivity index (χ1n) is 14.6. The fraction of sp³-hybridized carbons (Fsp3) is 0. The summed E-state index contributed by atoms with van der Waals surface area (Å²) in [5, 5.41) is 1.82. The summed E-state index contributed by atoms with van der Waals surface area (Å²) in [5.41, 5.74) is 4.27. The van der Waals surface area contributed by atoms with E-state index in [4.69, 9.17) is 9.47 Å². The van der Waals surface area contributed by atoms with E-state index < -0.39 is 11.9 Å². The monoisotopic (exact) mass is 636 g/mol. The van der Waals surface area contributed by atoms with Crippen molar-refractivity contribution >= 4 is 78.9 Å². The molecule has 0 amide bonds. The number of thiophene rings is 2. The van der Waals surface area contributed by atoms with Crippen LogP contribution in [0.1, 0.15) is 9.75 Å². The molecule has 0 unspecified atom stereocenters. The first-order chi connectivity index (χ1) is 22.7. The van der Waals surface area contributed by atoms with Crippen molar-refractivity contribution in [2.24, 2.45) is 0 Å². The highest BCUT2D eigenvalue weighted by atomic mass is 32.1. The maximum atomic E-state index is 13.4.